The predicted octanol–water partition coefficient (Wildman–Crippen LogP) is 4.59. The van der Waals surface area contributed by atoms with Crippen LogP contribution in [0.2, 0.25) is 0 Å². The number of Topliss-reactive ketones (excluding diaryl/α,β-unsaturated/α-hetero) is 1. The Morgan fingerprint density at radius 2 is 1.72 bits per heavy atom. The van der Waals surface area contributed by atoms with E-state index >= 15 is 0 Å². The van der Waals surface area contributed by atoms with E-state index < -0.39 is 11.0 Å². The van der Waals surface area contributed by atoms with E-state index in [4.69, 9.17) is 4.74 Å². The SMILES string of the molecule is CN1C[C@H](c2ccccc2Br)[C@]2(COc3ccccc3C2=O)[C@@]12C(=O)Nc1ccccc12. The summed E-state index contributed by atoms with van der Waals surface area (Å²) in [5, 5.41) is 3.06. The van der Waals surface area contributed by atoms with Crippen molar-refractivity contribution in [1.82, 2.24) is 4.90 Å². The lowest BCUT2D eigenvalue weighted by Gasteiger charge is -2.47. The third-order valence-electron chi connectivity index (χ3n) is 7.44. The highest BCUT2D eigenvalue weighted by molar-refractivity contribution is 9.10. The van der Waals surface area contributed by atoms with Crippen LogP contribution in [0.25, 0.3) is 0 Å². The number of fused-ring (bicyclic) bond motifs is 4. The second kappa shape index (κ2) is 6.77. The average molecular weight is 489 g/mol. The molecule has 3 heterocycles. The molecule has 3 aliphatic heterocycles. The van der Waals surface area contributed by atoms with E-state index in [-0.39, 0.29) is 24.2 Å². The number of ketones is 1. The molecule has 0 aliphatic carbocycles. The molecule has 0 radical (unpaired) electrons. The van der Waals surface area contributed by atoms with Gasteiger partial charge in [-0.05, 0) is 36.9 Å². The Morgan fingerprint density at radius 3 is 2.56 bits per heavy atom. The fourth-order valence-electron chi connectivity index (χ4n) is 6.15. The molecule has 0 saturated carbocycles. The first-order valence-corrected chi connectivity index (χ1v) is 11.4. The van der Waals surface area contributed by atoms with Crippen molar-refractivity contribution in [2.75, 3.05) is 25.5 Å². The largest absolute Gasteiger partial charge is 0.492 e. The highest BCUT2D eigenvalue weighted by Gasteiger charge is 2.75. The lowest BCUT2D eigenvalue weighted by Crippen LogP contribution is -2.62. The summed E-state index contributed by atoms with van der Waals surface area (Å²) in [5.41, 5.74) is 0.819. The second-order valence-electron chi connectivity index (χ2n) is 8.75. The number of carbonyl (C=O) groups excluding carboxylic acids is 2. The number of nitrogens with zero attached hydrogens (tertiary/aromatic N) is 1. The van der Waals surface area contributed by atoms with Crippen LogP contribution in [-0.4, -0.2) is 36.8 Å². The van der Waals surface area contributed by atoms with E-state index in [2.05, 4.69) is 21.2 Å². The van der Waals surface area contributed by atoms with E-state index in [1.165, 1.54) is 0 Å². The van der Waals surface area contributed by atoms with Gasteiger partial charge >= 0.3 is 0 Å². The average Bonchev–Trinajstić information content (AvgIpc) is 3.25. The minimum absolute atomic E-state index is 0.0451. The molecule has 1 N–H and O–H groups in total. The van der Waals surface area contributed by atoms with Crippen LogP contribution in [0.3, 0.4) is 0 Å². The number of likely N-dealkylation sites (N-methyl/N-ethyl adjacent to an activating group) is 1. The molecule has 0 unspecified atom stereocenters. The van der Waals surface area contributed by atoms with Crippen LogP contribution in [-0.2, 0) is 10.3 Å². The molecule has 160 valence electrons. The van der Waals surface area contributed by atoms with Crippen molar-refractivity contribution in [2.24, 2.45) is 5.41 Å². The number of nitrogens with one attached hydrogen (secondary N) is 1. The maximum absolute atomic E-state index is 14.5. The van der Waals surface area contributed by atoms with E-state index in [0.717, 1.165) is 21.3 Å². The number of ether oxygens (including phenoxy) is 1. The molecule has 2 spiro atoms. The van der Waals surface area contributed by atoms with Gasteiger partial charge in [0.2, 0.25) is 0 Å². The van der Waals surface area contributed by atoms with Gasteiger partial charge in [0.15, 0.2) is 5.78 Å². The Hall–Kier alpha value is -2.96. The first-order valence-electron chi connectivity index (χ1n) is 10.6. The standard InChI is InChI=1S/C26H21BrN2O3/c1-29-14-19(16-8-2-5-11-20(16)27)25(15-32-22-13-7-3-9-17(22)23(25)30)26(29)18-10-4-6-12-21(18)28-24(26)31/h2-13,19H,14-15H2,1H3,(H,28,31)/t19-,25+,26-/m1/s1. The van der Waals surface area contributed by atoms with Gasteiger partial charge < -0.3 is 10.1 Å². The third-order valence-corrected chi connectivity index (χ3v) is 8.16. The highest BCUT2D eigenvalue weighted by Crippen LogP contribution is 2.64. The van der Waals surface area contributed by atoms with E-state index in [1.54, 1.807) is 6.07 Å². The molecule has 1 fully saturated rings. The van der Waals surface area contributed by atoms with E-state index in [1.807, 2.05) is 78.7 Å². The lowest BCUT2D eigenvalue weighted by molar-refractivity contribution is -0.131. The molecule has 1 saturated heterocycles. The third kappa shape index (κ3) is 2.21. The molecule has 32 heavy (non-hydrogen) atoms. The van der Waals surface area contributed by atoms with Crippen LogP contribution < -0.4 is 10.1 Å². The zero-order valence-corrected chi connectivity index (χ0v) is 19.1. The first kappa shape index (κ1) is 19.7. The van der Waals surface area contributed by atoms with Crippen molar-refractivity contribution >= 4 is 33.3 Å². The highest BCUT2D eigenvalue weighted by atomic mass is 79.9. The number of amides is 1. The van der Waals surface area contributed by atoms with Crippen LogP contribution in [0.4, 0.5) is 5.69 Å². The van der Waals surface area contributed by atoms with Crippen molar-refractivity contribution in [3.8, 4) is 5.75 Å². The topological polar surface area (TPSA) is 58.6 Å². The lowest BCUT2D eigenvalue weighted by atomic mass is 9.57. The van der Waals surface area contributed by atoms with Gasteiger partial charge in [0, 0.05) is 28.2 Å². The Labute approximate surface area is 194 Å². The van der Waals surface area contributed by atoms with Crippen LogP contribution in [0.15, 0.2) is 77.3 Å². The Bertz CT molecular complexity index is 1290. The minimum atomic E-state index is -1.17. The summed E-state index contributed by atoms with van der Waals surface area (Å²) in [5.74, 6) is 0.106. The van der Waals surface area contributed by atoms with Crippen molar-refractivity contribution in [3.63, 3.8) is 0 Å². The number of para-hydroxylation sites is 2. The molecular formula is C26H21BrN2O3. The molecule has 3 aromatic rings. The molecule has 3 aromatic carbocycles. The predicted molar refractivity (Wildman–Crippen MR) is 125 cm³/mol. The van der Waals surface area contributed by atoms with E-state index in [0.29, 0.717) is 17.9 Å². The van der Waals surface area contributed by atoms with Gasteiger partial charge in [-0.2, -0.15) is 0 Å². The monoisotopic (exact) mass is 488 g/mol. The number of likely N-dealkylation sites (tertiary alicyclic amines) is 1. The second-order valence-corrected chi connectivity index (χ2v) is 9.60. The Kier molecular flexibility index (Phi) is 4.17. The van der Waals surface area contributed by atoms with Crippen LogP contribution in [0, 0.1) is 5.41 Å². The number of hydrogen-bond acceptors (Lipinski definition) is 4. The summed E-state index contributed by atoms with van der Waals surface area (Å²) < 4.78 is 7.20. The maximum atomic E-state index is 14.5. The molecule has 0 aromatic heterocycles. The van der Waals surface area contributed by atoms with Gasteiger partial charge in [0.05, 0.1) is 5.56 Å². The first-order chi connectivity index (χ1) is 15.5. The summed E-state index contributed by atoms with van der Waals surface area (Å²) in [6.07, 6.45) is 0. The summed E-state index contributed by atoms with van der Waals surface area (Å²) in [6.45, 7) is 0.669. The van der Waals surface area contributed by atoms with Crippen LogP contribution >= 0.6 is 15.9 Å². The van der Waals surface area contributed by atoms with Crippen molar-refractivity contribution in [1.29, 1.82) is 0 Å². The van der Waals surface area contributed by atoms with Crippen molar-refractivity contribution in [2.45, 2.75) is 11.5 Å². The molecule has 3 aliphatic rings. The van der Waals surface area contributed by atoms with Gasteiger partial charge in [-0.15, -0.1) is 0 Å². The maximum Gasteiger partial charge on any atom is 0.250 e. The van der Waals surface area contributed by atoms with Crippen molar-refractivity contribution in [3.05, 3.63) is 94.0 Å². The molecular weight excluding hydrogens is 468 g/mol. The summed E-state index contributed by atoms with van der Waals surface area (Å²) in [4.78, 5) is 30.4. The van der Waals surface area contributed by atoms with Gasteiger partial charge in [-0.1, -0.05) is 64.5 Å². The zero-order chi connectivity index (χ0) is 22.1. The van der Waals surface area contributed by atoms with Crippen LogP contribution in [0.1, 0.15) is 27.4 Å². The van der Waals surface area contributed by atoms with Gasteiger partial charge in [0.25, 0.3) is 5.91 Å². The van der Waals surface area contributed by atoms with Gasteiger partial charge in [-0.3, -0.25) is 14.5 Å². The molecule has 6 heteroatoms. The number of benzene rings is 3. The number of rotatable bonds is 1. The molecule has 0 bridgehead atoms. The molecule has 3 atom stereocenters. The number of anilines is 1. The molecule has 1 amide bonds. The van der Waals surface area contributed by atoms with Crippen LogP contribution in [0.5, 0.6) is 5.75 Å². The quantitative estimate of drug-likeness (QED) is 0.544. The summed E-state index contributed by atoms with van der Waals surface area (Å²) in [7, 11) is 1.94. The fraction of sp³-hybridized carbons (Fsp3) is 0.231. The summed E-state index contributed by atoms with van der Waals surface area (Å²) in [6, 6.07) is 23.0. The van der Waals surface area contributed by atoms with Gasteiger partial charge in [0.1, 0.15) is 23.3 Å². The molecule has 6 rings (SSSR count). The minimum Gasteiger partial charge on any atom is -0.492 e. The Balaban J connectivity index is 1.69. The fourth-order valence-corrected chi connectivity index (χ4v) is 6.71. The summed E-state index contributed by atoms with van der Waals surface area (Å²) >= 11 is 3.70. The van der Waals surface area contributed by atoms with Gasteiger partial charge in [-0.25, -0.2) is 0 Å². The Morgan fingerprint density at radius 1 is 1.00 bits per heavy atom. The number of halogens is 1. The zero-order valence-electron chi connectivity index (χ0n) is 17.5. The van der Waals surface area contributed by atoms with Crippen molar-refractivity contribution < 1.29 is 14.3 Å². The number of hydrogen-bond donors (Lipinski definition) is 1. The molecule has 5 nitrogen and oxygen atoms in total. The normalized spacial score (nSPS) is 28.5. The van der Waals surface area contributed by atoms with E-state index in [9.17, 15) is 9.59 Å². The number of carbonyl (C=O) groups is 2. The smallest absolute Gasteiger partial charge is 0.250 e.